The maximum atomic E-state index is 12.9. The monoisotopic (exact) mass is 826 g/mol. The number of nitrogens with zero attached hydrogens (tertiary/aromatic N) is 4. The van der Waals surface area contributed by atoms with Crippen molar-refractivity contribution in [3.63, 3.8) is 0 Å². The first-order chi connectivity index (χ1) is 27.6. The van der Waals surface area contributed by atoms with Gasteiger partial charge in [-0.25, -0.2) is 19.5 Å². The fraction of sp³-hybridized carbons (Fsp3) is 0.829. The van der Waals surface area contributed by atoms with Crippen molar-refractivity contribution in [1.29, 1.82) is 0 Å². The number of aliphatic hydroxyl groups excluding tert-OH is 1. The van der Waals surface area contributed by atoms with Gasteiger partial charge in [0.05, 0.1) is 25.6 Å². The summed E-state index contributed by atoms with van der Waals surface area (Å²) in [4.78, 5) is 48.2. The van der Waals surface area contributed by atoms with E-state index in [-0.39, 0.29) is 38.3 Å². The number of phosphoric acid groups is 1. The minimum atomic E-state index is -4.67. The van der Waals surface area contributed by atoms with Crippen LogP contribution in [0.25, 0.3) is 11.2 Å². The molecule has 1 aliphatic rings. The summed E-state index contributed by atoms with van der Waals surface area (Å²) in [7, 11) is -4.67. The Morgan fingerprint density at radius 1 is 0.789 bits per heavy atom. The van der Waals surface area contributed by atoms with Crippen LogP contribution in [-0.4, -0.2) is 79.6 Å². The van der Waals surface area contributed by atoms with Gasteiger partial charge in [0.1, 0.15) is 24.6 Å². The van der Waals surface area contributed by atoms with E-state index in [9.17, 15) is 24.2 Å². The van der Waals surface area contributed by atoms with Crippen LogP contribution in [0.5, 0.6) is 0 Å². The highest BCUT2D eigenvalue weighted by Crippen LogP contribution is 2.44. The maximum absolute atomic E-state index is 12.9. The number of fused-ring (bicyclic) bond motifs is 1. The van der Waals surface area contributed by atoms with Gasteiger partial charge in [-0.1, -0.05) is 142 Å². The molecule has 0 amide bonds. The van der Waals surface area contributed by atoms with Crippen molar-refractivity contribution in [3.05, 3.63) is 12.7 Å². The van der Waals surface area contributed by atoms with Crippen molar-refractivity contribution >= 4 is 36.7 Å². The molecule has 2 aromatic rings. The lowest BCUT2D eigenvalue weighted by molar-refractivity contribution is -0.161. The Balaban J connectivity index is 1.40. The third-order valence-corrected chi connectivity index (χ3v) is 11.3. The number of esters is 2. The number of aromatic nitrogens is 4. The van der Waals surface area contributed by atoms with Crippen LogP contribution in [-0.2, 0) is 37.4 Å². The molecule has 57 heavy (non-hydrogen) atoms. The molecule has 0 bridgehead atoms. The van der Waals surface area contributed by atoms with Crippen molar-refractivity contribution in [2.45, 2.75) is 199 Å². The number of hydrogen-bond acceptors (Lipinski definition) is 13. The van der Waals surface area contributed by atoms with Crippen LogP contribution in [0.3, 0.4) is 0 Å². The van der Waals surface area contributed by atoms with E-state index in [1.54, 1.807) is 0 Å². The number of nitrogens with two attached hydrogens (primary N) is 1. The fourth-order valence-corrected chi connectivity index (χ4v) is 7.81. The summed E-state index contributed by atoms with van der Waals surface area (Å²) in [5.74, 6) is -0.734. The lowest BCUT2D eigenvalue weighted by Crippen LogP contribution is -2.29. The van der Waals surface area contributed by atoms with Crippen LogP contribution >= 0.6 is 7.82 Å². The Kier molecular flexibility index (Phi) is 24.5. The molecule has 0 aliphatic carbocycles. The maximum Gasteiger partial charge on any atom is 0.472 e. The molecule has 1 unspecified atom stereocenters. The largest absolute Gasteiger partial charge is 0.472 e. The lowest BCUT2D eigenvalue weighted by atomic mass is 10.1. The van der Waals surface area contributed by atoms with E-state index in [4.69, 9.17) is 29.0 Å². The minimum absolute atomic E-state index is 0.0965. The number of phosphoric ester groups is 1. The van der Waals surface area contributed by atoms with Crippen molar-refractivity contribution in [2.75, 3.05) is 25.6 Å². The van der Waals surface area contributed by atoms with E-state index in [0.717, 1.165) is 38.5 Å². The summed E-state index contributed by atoms with van der Waals surface area (Å²) < 4.78 is 41.8. The summed E-state index contributed by atoms with van der Waals surface area (Å²) in [5, 5.41) is 10.7. The van der Waals surface area contributed by atoms with Gasteiger partial charge < -0.3 is 29.9 Å². The smallest absolute Gasteiger partial charge is 0.462 e. The zero-order valence-corrected chi connectivity index (χ0v) is 35.6. The van der Waals surface area contributed by atoms with Crippen molar-refractivity contribution in [1.82, 2.24) is 19.5 Å². The van der Waals surface area contributed by atoms with E-state index in [1.807, 2.05) is 0 Å². The zero-order valence-electron chi connectivity index (χ0n) is 34.7. The van der Waals surface area contributed by atoms with Crippen LogP contribution in [0.15, 0.2) is 12.7 Å². The molecule has 3 rings (SSSR count). The van der Waals surface area contributed by atoms with Gasteiger partial charge in [-0.05, 0) is 12.8 Å². The number of carbonyl (C=O) groups excluding carboxylic acids is 2. The first-order valence-electron chi connectivity index (χ1n) is 21.9. The molecule has 4 N–H and O–H groups in total. The van der Waals surface area contributed by atoms with Gasteiger partial charge in [0.2, 0.25) is 0 Å². The molecular weight excluding hydrogens is 753 g/mol. The molecule has 15 nitrogen and oxygen atoms in total. The number of carbonyl (C=O) groups is 2. The second-order valence-corrected chi connectivity index (χ2v) is 16.9. The molecule has 2 aromatic heterocycles. The highest BCUT2D eigenvalue weighted by atomic mass is 31.2. The average molecular weight is 826 g/mol. The topological polar surface area (TPSA) is 207 Å². The molecule has 326 valence electrons. The Labute approximate surface area is 340 Å². The van der Waals surface area contributed by atoms with E-state index in [1.165, 1.54) is 107 Å². The fourth-order valence-electron chi connectivity index (χ4n) is 7.02. The molecule has 0 saturated carbocycles. The Hall–Kier alpha value is -2.68. The summed E-state index contributed by atoms with van der Waals surface area (Å²) in [6.07, 6.45) is 24.9. The van der Waals surface area contributed by atoms with Gasteiger partial charge in [-0.15, -0.1) is 0 Å². The Morgan fingerprint density at radius 2 is 1.32 bits per heavy atom. The summed E-state index contributed by atoms with van der Waals surface area (Å²) in [6, 6.07) is 0. The molecule has 0 spiro atoms. The first-order valence-corrected chi connectivity index (χ1v) is 23.4. The third kappa shape index (κ3) is 20.2. The van der Waals surface area contributed by atoms with E-state index >= 15 is 0 Å². The molecule has 5 atom stereocenters. The SMILES string of the molecule is CCCCCCCCCCCCCC(=O)OC[C@H](COP(=O)(O)OC[C@@H]1C[C@@H](O)[C@H](n2cnc3c(N)ncnc32)O1)OC(=O)CCCCCCCCCCCCC. The van der Waals surface area contributed by atoms with Gasteiger partial charge in [-0.2, -0.15) is 0 Å². The van der Waals surface area contributed by atoms with Gasteiger partial charge in [0, 0.05) is 19.3 Å². The molecule has 0 aromatic carbocycles. The predicted octanol–water partition coefficient (Wildman–Crippen LogP) is 9.05. The number of anilines is 1. The molecule has 16 heteroatoms. The lowest BCUT2D eigenvalue weighted by Gasteiger charge is -2.21. The van der Waals surface area contributed by atoms with Gasteiger partial charge in [0.15, 0.2) is 23.8 Å². The predicted molar refractivity (Wildman–Crippen MR) is 219 cm³/mol. The van der Waals surface area contributed by atoms with Gasteiger partial charge in [-0.3, -0.25) is 23.2 Å². The van der Waals surface area contributed by atoms with Crippen molar-refractivity contribution in [2.24, 2.45) is 0 Å². The van der Waals surface area contributed by atoms with Crippen molar-refractivity contribution in [3.8, 4) is 0 Å². The standard InChI is InChI=1S/C41H72N5O10P/c1-3-5-7-9-11-13-15-17-19-21-23-25-36(48)52-28-34(55-37(49)26-24-22-20-18-16-14-12-10-8-6-4-2)30-54-57(50,51)53-29-33-27-35(47)41(56-33)46-32-45-38-39(42)43-31-44-40(38)46/h31-35,41,47H,3-30H2,1-2H3,(H,50,51)(H2,42,43,44)/t33-,34+,35+,41+/m0/s1. The summed E-state index contributed by atoms with van der Waals surface area (Å²) in [6.45, 7) is 3.24. The van der Waals surface area contributed by atoms with E-state index in [0.29, 0.717) is 24.0 Å². The quantitative estimate of drug-likeness (QED) is 0.0342. The number of rotatable bonds is 34. The highest BCUT2D eigenvalue weighted by Gasteiger charge is 2.38. The summed E-state index contributed by atoms with van der Waals surface area (Å²) in [5.41, 5.74) is 6.60. The Bertz CT molecular complexity index is 1450. The van der Waals surface area contributed by atoms with Crippen LogP contribution in [0.1, 0.15) is 181 Å². The van der Waals surface area contributed by atoms with Crippen molar-refractivity contribution < 1.29 is 47.4 Å². The van der Waals surface area contributed by atoms with Gasteiger partial charge in [0.25, 0.3) is 0 Å². The Morgan fingerprint density at radius 3 is 1.88 bits per heavy atom. The molecule has 1 fully saturated rings. The van der Waals surface area contributed by atoms with Crippen LogP contribution in [0.4, 0.5) is 5.82 Å². The minimum Gasteiger partial charge on any atom is -0.462 e. The van der Waals surface area contributed by atoms with Crippen LogP contribution in [0, 0.1) is 0 Å². The number of imidazole rings is 1. The van der Waals surface area contributed by atoms with Crippen LogP contribution < -0.4 is 5.73 Å². The second-order valence-electron chi connectivity index (χ2n) is 15.5. The average Bonchev–Trinajstić information content (AvgIpc) is 3.79. The highest BCUT2D eigenvalue weighted by molar-refractivity contribution is 7.47. The van der Waals surface area contributed by atoms with E-state index in [2.05, 4.69) is 28.8 Å². The third-order valence-electron chi connectivity index (χ3n) is 10.4. The first kappa shape index (κ1) is 48.7. The molecule has 0 radical (unpaired) electrons. The molecule has 3 heterocycles. The normalized spacial score (nSPS) is 18.5. The van der Waals surface area contributed by atoms with Crippen LogP contribution in [0.2, 0.25) is 0 Å². The molecule has 1 saturated heterocycles. The van der Waals surface area contributed by atoms with Gasteiger partial charge >= 0.3 is 19.8 Å². The summed E-state index contributed by atoms with van der Waals surface area (Å²) >= 11 is 0. The number of nitrogen functional groups attached to an aromatic ring is 1. The number of aliphatic hydroxyl groups is 1. The second kappa shape index (κ2) is 28.7. The molecule has 1 aliphatic heterocycles. The number of hydrogen-bond donors (Lipinski definition) is 3. The number of ether oxygens (including phenoxy) is 3. The zero-order chi connectivity index (χ0) is 41.1. The van der Waals surface area contributed by atoms with E-state index < -0.39 is 50.9 Å². The number of unbranched alkanes of at least 4 members (excludes halogenated alkanes) is 20. The molecular formula is C41H72N5O10P.